The maximum Gasteiger partial charge on any atom is 0.326 e. The minimum Gasteiger partial charge on any atom is -0.480 e. The second-order valence-corrected chi connectivity index (χ2v) is 6.10. The predicted octanol–water partition coefficient (Wildman–Crippen LogP) is 1.42. The van der Waals surface area contributed by atoms with Crippen molar-refractivity contribution < 1.29 is 24.2 Å². The lowest BCUT2D eigenvalue weighted by molar-refractivity contribution is -0.143. The number of para-hydroxylation sites is 2. The first-order valence-corrected chi connectivity index (χ1v) is 7.90. The van der Waals surface area contributed by atoms with Gasteiger partial charge in [-0.1, -0.05) is 26.0 Å². The summed E-state index contributed by atoms with van der Waals surface area (Å²) in [6.45, 7) is 5.27. The molecule has 0 fully saturated rings. The number of nitrogens with zero attached hydrogens (tertiary/aromatic N) is 1. The molecule has 0 saturated heterocycles. The number of carboxylic acids is 1. The molecule has 0 aromatic heterocycles. The van der Waals surface area contributed by atoms with E-state index in [1.165, 1.54) is 4.90 Å². The van der Waals surface area contributed by atoms with Crippen LogP contribution in [0.3, 0.4) is 0 Å². The van der Waals surface area contributed by atoms with Crippen LogP contribution in [-0.4, -0.2) is 41.6 Å². The Morgan fingerprint density at radius 1 is 1.33 bits per heavy atom. The van der Waals surface area contributed by atoms with E-state index in [1.807, 2.05) is 6.07 Å². The second-order valence-electron chi connectivity index (χ2n) is 6.10. The second kappa shape index (κ2) is 7.33. The number of fused-ring (bicyclic) bond motifs is 1. The molecule has 2 amide bonds. The number of anilines is 1. The molecule has 7 nitrogen and oxygen atoms in total. The Balaban J connectivity index is 2.04. The van der Waals surface area contributed by atoms with Gasteiger partial charge in [-0.25, -0.2) is 4.79 Å². The normalized spacial score (nSPS) is 17.9. The van der Waals surface area contributed by atoms with E-state index < -0.39 is 24.0 Å². The van der Waals surface area contributed by atoms with Crippen LogP contribution in [0.4, 0.5) is 5.69 Å². The summed E-state index contributed by atoms with van der Waals surface area (Å²) in [4.78, 5) is 37.0. The number of amides is 2. The van der Waals surface area contributed by atoms with Gasteiger partial charge in [-0.15, -0.1) is 0 Å². The summed E-state index contributed by atoms with van der Waals surface area (Å²) in [5.74, 6) is -1.33. The Bertz CT molecular complexity index is 644. The van der Waals surface area contributed by atoms with E-state index in [1.54, 1.807) is 39.0 Å². The highest BCUT2D eigenvalue weighted by Gasteiger charge is 2.31. The molecule has 130 valence electrons. The van der Waals surface area contributed by atoms with Crippen molar-refractivity contribution in [1.29, 1.82) is 0 Å². The fourth-order valence-electron chi connectivity index (χ4n) is 2.56. The van der Waals surface area contributed by atoms with Crippen LogP contribution >= 0.6 is 0 Å². The summed E-state index contributed by atoms with van der Waals surface area (Å²) in [7, 11) is 0. The molecule has 2 N–H and O–H groups in total. The molecule has 1 aromatic rings. The highest BCUT2D eigenvalue weighted by molar-refractivity contribution is 6.00. The molecule has 0 radical (unpaired) electrons. The number of ether oxygens (including phenoxy) is 1. The number of carboxylic acid groups (broad SMARTS) is 1. The lowest BCUT2D eigenvalue weighted by Crippen LogP contribution is -2.48. The third kappa shape index (κ3) is 3.84. The topological polar surface area (TPSA) is 95.9 Å². The van der Waals surface area contributed by atoms with Crippen molar-refractivity contribution >= 4 is 23.5 Å². The Hall–Kier alpha value is -2.57. The number of hydrogen-bond acceptors (Lipinski definition) is 4. The lowest BCUT2D eigenvalue weighted by Gasteiger charge is -2.33. The van der Waals surface area contributed by atoms with Crippen molar-refractivity contribution in [2.75, 3.05) is 11.4 Å². The number of rotatable bonds is 6. The molecule has 1 aliphatic rings. The van der Waals surface area contributed by atoms with Crippen molar-refractivity contribution in [2.24, 2.45) is 5.92 Å². The highest BCUT2D eigenvalue weighted by atomic mass is 16.5. The average molecular weight is 334 g/mol. The maximum atomic E-state index is 12.3. The summed E-state index contributed by atoms with van der Waals surface area (Å²) in [6.07, 6.45) is -0.603. The molecular weight excluding hydrogens is 312 g/mol. The van der Waals surface area contributed by atoms with Crippen LogP contribution < -0.4 is 15.0 Å². The maximum absolute atomic E-state index is 12.3. The third-order valence-corrected chi connectivity index (χ3v) is 3.89. The van der Waals surface area contributed by atoms with Crippen molar-refractivity contribution in [2.45, 2.75) is 39.3 Å². The molecule has 7 heteroatoms. The summed E-state index contributed by atoms with van der Waals surface area (Å²) in [5.41, 5.74) is 0.618. The molecule has 24 heavy (non-hydrogen) atoms. The first kappa shape index (κ1) is 17.8. The standard InChI is InChI=1S/C17H22N2O5/c1-10(2)15(17(22)23)18-14(20)8-9-19-12-6-4-5-7-13(12)24-11(3)16(19)21/h4-7,10-11,15H,8-9H2,1-3H3,(H,18,20)(H,22,23)/t11?,15-/m1/s1. The fourth-order valence-corrected chi connectivity index (χ4v) is 2.56. The zero-order chi connectivity index (χ0) is 17.9. The Labute approximate surface area is 140 Å². The summed E-state index contributed by atoms with van der Waals surface area (Å²) in [6, 6.07) is 6.18. The largest absolute Gasteiger partial charge is 0.480 e. The predicted molar refractivity (Wildman–Crippen MR) is 87.9 cm³/mol. The Morgan fingerprint density at radius 2 is 2.00 bits per heavy atom. The van der Waals surface area contributed by atoms with E-state index >= 15 is 0 Å². The van der Waals surface area contributed by atoms with E-state index in [0.717, 1.165) is 0 Å². The highest BCUT2D eigenvalue weighted by Crippen LogP contribution is 2.33. The van der Waals surface area contributed by atoms with E-state index in [4.69, 9.17) is 9.84 Å². The van der Waals surface area contributed by atoms with Crippen LogP contribution in [0.5, 0.6) is 5.75 Å². The first-order valence-electron chi connectivity index (χ1n) is 7.90. The summed E-state index contributed by atoms with van der Waals surface area (Å²) >= 11 is 0. The smallest absolute Gasteiger partial charge is 0.326 e. The van der Waals surface area contributed by atoms with Crippen molar-refractivity contribution in [1.82, 2.24) is 5.32 Å². The summed E-state index contributed by atoms with van der Waals surface area (Å²) < 4.78 is 5.54. The molecule has 1 heterocycles. The number of nitrogens with one attached hydrogen (secondary N) is 1. The molecule has 0 aliphatic carbocycles. The van der Waals surface area contributed by atoms with Gasteiger partial charge in [0, 0.05) is 13.0 Å². The Morgan fingerprint density at radius 3 is 2.62 bits per heavy atom. The zero-order valence-corrected chi connectivity index (χ0v) is 14.0. The van der Waals surface area contributed by atoms with Crippen LogP contribution in [-0.2, 0) is 14.4 Å². The van der Waals surface area contributed by atoms with Gasteiger partial charge in [-0.05, 0) is 25.0 Å². The zero-order valence-electron chi connectivity index (χ0n) is 14.0. The van der Waals surface area contributed by atoms with Gasteiger partial charge in [0.15, 0.2) is 6.10 Å². The number of carbonyl (C=O) groups is 3. The molecule has 1 unspecified atom stereocenters. The Kier molecular flexibility index (Phi) is 5.43. The van der Waals surface area contributed by atoms with E-state index in [0.29, 0.717) is 11.4 Å². The molecule has 0 bridgehead atoms. The summed E-state index contributed by atoms with van der Waals surface area (Å²) in [5, 5.41) is 11.6. The van der Waals surface area contributed by atoms with Gasteiger partial charge in [0.25, 0.3) is 5.91 Å². The van der Waals surface area contributed by atoms with E-state index in [2.05, 4.69) is 5.32 Å². The van der Waals surface area contributed by atoms with Gasteiger partial charge in [-0.2, -0.15) is 0 Å². The lowest BCUT2D eigenvalue weighted by atomic mass is 10.0. The minimum atomic E-state index is -1.07. The van der Waals surface area contributed by atoms with E-state index in [9.17, 15) is 14.4 Å². The molecule has 2 atom stereocenters. The molecule has 1 aromatic carbocycles. The van der Waals surface area contributed by atoms with Gasteiger partial charge in [-0.3, -0.25) is 9.59 Å². The van der Waals surface area contributed by atoms with Gasteiger partial charge in [0.05, 0.1) is 5.69 Å². The van der Waals surface area contributed by atoms with Crippen molar-refractivity contribution in [3.63, 3.8) is 0 Å². The van der Waals surface area contributed by atoms with Gasteiger partial charge in [0.2, 0.25) is 5.91 Å². The van der Waals surface area contributed by atoms with Gasteiger partial charge in [0.1, 0.15) is 11.8 Å². The minimum absolute atomic E-state index is 0.0172. The third-order valence-electron chi connectivity index (χ3n) is 3.89. The number of hydrogen-bond donors (Lipinski definition) is 2. The van der Waals surface area contributed by atoms with Crippen LogP contribution in [0.25, 0.3) is 0 Å². The molecule has 2 rings (SSSR count). The molecule has 0 saturated carbocycles. The fraction of sp³-hybridized carbons (Fsp3) is 0.471. The molecule has 1 aliphatic heterocycles. The molecular formula is C17H22N2O5. The number of benzene rings is 1. The first-order chi connectivity index (χ1) is 11.3. The number of aliphatic carboxylic acids is 1. The SMILES string of the molecule is CC1Oc2ccccc2N(CCC(=O)N[C@@H](C(=O)O)C(C)C)C1=O. The molecule has 0 spiro atoms. The monoisotopic (exact) mass is 334 g/mol. The van der Waals surface area contributed by atoms with Crippen molar-refractivity contribution in [3.8, 4) is 5.75 Å². The van der Waals surface area contributed by atoms with Crippen molar-refractivity contribution in [3.05, 3.63) is 24.3 Å². The van der Waals surface area contributed by atoms with Crippen LogP contribution in [0, 0.1) is 5.92 Å². The van der Waals surface area contributed by atoms with Crippen LogP contribution in [0.2, 0.25) is 0 Å². The quantitative estimate of drug-likeness (QED) is 0.820. The van der Waals surface area contributed by atoms with E-state index in [-0.39, 0.29) is 24.8 Å². The van der Waals surface area contributed by atoms with Gasteiger partial charge < -0.3 is 20.1 Å². The number of carbonyl (C=O) groups excluding carboxylic acids is 2. The average Bonchev–Trinajstić information content (AvgIpc) is 2.52. The van der Waals surface area contributed by atoms with Gasteiger partial charge >= 0.3 is 5.97 Å². The van der Waals surface area contributed by atoms with Crippen LogP contribution in [0.15, 0.2) is 24.3 Å². The van der Waals surface area contributed by atoms with Crippen LogP contribution in [0.1, 0.15) is 27.2 Å².